The largest absolute Gasteiger partial charge is 0.268 e. The van der Waals surface area contributed by atoms with Gasteiger partial charge in [0.2, 0.25) is 0 Å². The normalized spacial score (nSPS) is 13.5. The predicted octanol–water partition coefficient (Wildman–Crippen LogP) is 3.34. The Morgan fingerprint density at radius 1 is 0.893 bits per heavy atom. The number of amides is 2. The molecule has 0 saturated heterocycles. The van der Waals surface area contributed by atoms with Gasteiger partial charge in [-0.3, -0.25) is 14.3 Å². The third-order valence-electron chi connectivity index (χ3n) is 4.16. The summed E-state index contributed by atoms with van der Waals surface area (Å²) in [6.07, 6.45) is 1.47. The molecule has 0 spiro atoms. The summed E-state index contributed by atoms with van der Waals surface area (Å²) in [5.41, 5.74) is 0.730. The van der Waals surface area contributed by atoms with Crippen LogP contribution in [0.2, 0.25) is 5.02 Å². The van der Waals surface area contributed by atoms with E-state index < -0.39 is 21.8 Å². The standard InChI is InChI=1S/C19H12ClN3O4S/c20-12-4-9-15-16(11-12)19(25)23(18(15)24)13-5-7-14(8-6-13)28(26,27)22-17-3-1-2-10-21-17/h1-11H,(H,21,22). The number of benzene rings is 2. The van der Waals surface area contributed by atoms with Gasteiger partial charge < -0.3 is 0 Å². The number of carbonyl (C=O) groups is 2. The van der Waals surface area contributed by atoms with Crippen molar-refractivity contribution in [3.05, 3.63) is 83.0 Å². The van der Waals surface area contributed by atoms with E-state index >= 15 is 0 Å². The molecule has 140 valence electrons. The lowest BCUT2D eigenvalue weighted by atomic mass is 10.1. The molecule has 2 amide bonds. The number of anilines is 2. The zero-order valence-electron chi connectivity index (χ0n) is 14.2. The summed E-state index contributed by atoms with van der Waals surface area (Å²) in [5, 5.41) is 0.351. The molecule has 0 bridgehead atoms. The number of aromatic nitrogens is 1. The fourth-order valence-corrected chi connectivity index (χ4v) is 4.02. The molecule has 1 aliphatic rings. The molecule has 7 nitrogen and oxygen atoms in total. The molecule has 4 rings (SSSR count). The number of fused-ring (bicyclic) bond motifs is 1. The van der Waals surface area contributed by atoms with Gasteiger partial charge in [0.1, 0.15) is 5.82 Å². The first kappa shape index (κ1) is 18.1. The van der Waals surface area contributed by atoms with Crippen LogP contribution in [-0.4, -0.2) is 25.2 Å². The molecule has 1 N–H and O–H groups in total. The minimum atomic E-state index is -3.86. The second kappa shape index (κ2) is 6.74. The van der Waals surface area contributed by atoms with Crippen LogP contribution in [0.1, 0.15) is 20.7 Å². The second-order valence-corrected chi connectivity index (χ2v) is 8.07. The maximum absolute atomic E-state index is 12.6. The maximum Gasteiger partial charge on any atom is 0.266 e. The highest BCUT2D eigenvalue weighted by Gasteiger charge is 2.36. The molecule has 0 saturated carbocycles. The van der Waals surface area contributed by atoms with Gasteiger partial charge in [0.15, 0.2) is 0 Å². The summed E-state index contributed by atoms with van der Waals surface area (Å²) in [4.78, 5) is 30.0. The zero-order valence-corrected chi connectivity index (χ0v) is 15.7. The maximum atomic E-state index is 12.6. The highest BCUT2D eigenvalue weighted by atomic mass is 35.5. The Morgan fingerprint density at radius 2 is 1.61 bits per heavy atom. The fourth-order valence-electron chi connectivity index (χ4n) is 2.84. The van der Waals surface area contributed by atoms with Crippen molar-refractivity contribution < 1.29 is 18.0 Å². The van der Waals surface area contributed by atoms with Gasteiger partial charge in [-0.05, 0) is 54.6 Å². The van der Waals surface area contributed by atoms with Crippen LogP contribution in [0.15, 0.2) is 71.8 Å². The van der Waals surface area contributed by atoms with Gasteiger partial charge in [-0.25, -0.2) is 18.3 Å². The summed E-state index contributed by atoms with van der Waals surface area (Å²) in [6.45, 7) is 0. The number of carbonyl (C=O) groups excluding carboxylic acids is 2. The van der Waals surface area contributed by atoms with Gasteiger partial charge >= 0.3 is 0 Å². The molecule has 0 atom stereocenters. The first-order valence-corrected chi connectivity index (χ1v) is 9.95. The number of nitrogens with one attached hydrogen (secondary N) is 1. The minimum absolute atomic E-state index is 0.0263. The van der Waals surface area contributed by atoms with Gasteiger partial charge in [0.25, 0.3) is 21.8 Å². The molecule has 2 aromatic carbocycles. The molecule has 1 aliphatic heterocycles. The molecule has 3 aromatic rings. The number of hydrogen-bond acceptors (Lipinski definition) is 5. The van der Waals surface area contributed by atoms with Crippen LogP contribution in [0.4, 0.5) is 11.5 Å². The molecule has 0 fully saturated rings. The summed E-state index contributed by atoms with van der Waals surface area (Å²) in [6, 6.07) is 14.7. The van der Waals surface area contributed by atoms with Gasteiger partial charge in [-0.15, -0.1) is 0 Å². The monoisotopic (exact) mass is 413 g/mol. The Morgan fingerprint density at radius 3 is 2.29 bits per heavy atom. The third-order valence-corrected chi connectivity index (χ3v) is 5.76. The number of sulfonamides is 1. The lowest BCUT2D eigenvalue weighted by Crippen LogP contribution is -2.29. The summed E-state index contributed by atoms with van der Waals surface area (Å²) in [5.74, 6) is -0.813. The van der Waals surface area contributed by atoms with E-state index in [1.54, 1.807) is 12.1 Å². The number of imide groups is 1. The smallest absolute Gasteiger partial charge is 0.266 e. The Balaban J connectivity index is 1.62. The number of pyridine rings is 1. The molecule has 0 aliphatic carbocycles. The molecule has 2 heterocycles. The van der Waals surface area contributed by atoms with Crippen molar-refractivity contribution in [3.8, 4) is 0 Å². The van der Waals surface area contributed by atoms with Gasteiger partial charge in [0.05, 0.1) is 21.7 Å². The van der Waals surface area contributed by atoms with Crippen molar-refractivity contribution in [2.75, 3.05) is 9.62 Å². The number of rotatable bonds is 4. The molecule has 9 heteroatoms. The van der Waals surface area contributed by atoms with Gasteiger partial charge in [-0.2, -0.15) is 0 Å². The van der Waals surface area contributed by atoms with Crippen LogP contribution >= 0.6 is 11.6 Å². The van der Waals surface area contributed by atoms with Crippen LogP contribution in [-0.2, 0) is 10.0 Å². The third kappa shape index (κ3) is 3.12. The van der Waals surface area contributed by atoms with Crippen LogP contribution in [0, 0.1) is 0 Å². The minimum Gasteiger partial charge on any atom is -0.268 e. The zero-order chi connectivity index (χ0) is 19.9. The number of halogens is 1. The highest BCUT2D eigenvalue weighted by molar-refractivity contribution is 7.92. The van der Waals surface area contributed by atoms with E-state index in [0.717, 1.165) is 4.90 Å². The molecule has 0 unspecified atom stereocenters. The van der Waals surface area contributed by atoms with E-state index in [2.05, 4.69) is 9.71 Å². The van der Waals surface area contributed by atoms with Crippen LogP contribution in [0.5, 0.6) is 0 Å². The van der Waals surface area contributed by atoms with Crippen LogP contribution in [0.25, 0.3) is 0 Å². The molecule has 1 aromatic heterocycles. The average molecular weight is 414 g/mol. The van der Waals surface area contributed by atoms with E-state index in [4.69, 9.17) is 11.6 Å². The Hall–Kier alpha value is -3.23. The average Bonchev–Trinajstić information content (AvgIpc) is 2.92. The first-order chi connectivity index (χ1) is 13.4. The predicted molar refractivity (Wildman–Crippen MR) is 104 cm³/mol. The van der Waals surface area contributed by atoms with Crippen molar-refractivity contribution in [3.63, 3.8) is 0 Å². The quantitative estimate of drug-likeness (QED) is 0.662. The fraction of sp³-hybridized carbons (Fsp3) is 0. The SMILES string of the molecule is O=C1c2ccc(Cl)cc2C(=O)N1c1ccc(S(=O)(=O)Nc2ccccn2)cc1. The van der Waals surface area contributed by atoms with E-state index in [1.807, 2.05) is 0 Å². The van der Waals surface area contributed by atoms with Crippen molar-refractivity contribution in [1.29, 1.82) is 0 Å². The van der Waals surface area contributed by atoms with Crippen molar-refractivity contribution >= 4 is 44.9 Å². The van der Waals surface area contributed by atoms with Crippen LogP contribution in [0.3, 0.4) is 0 Å². The summed E-state index contributed by atoms with van der Waals surface area (Å²) in [7, 11) is -3.86. The molecular formula is C19H12ClN3O4S. The summed E-state index contributed by atoms with van der Waals surface area (Å²) >= 11 is 5.91. The van der Waals surface area contributed by atoms with Crippen molar-refractivity contribution in [2.24, 2.45) is 0 Å². The van der Waals surface area contributed by atoms with E-state index in [1.165, 1.54) is 54.7 Å². The Bertz CT molecular complexity index is 1200. The van der Waals surface area contributed by atoms with Gasteiger partial charge in [0, 0.05) is 11.2 Å². The van der Waals surface area contributed by atoms with Gasteiger partial charge in [-0.1, -0.05) is 17.7 Å². The Kier molecular flexibility index (Phi) is 4.37. The van der Waals surface area contributed by atoms with Crippen LogP contribution < -0.4 is 9.62 Å². The topological polar surface area (TPSA) is 96.4 Å². The van der Waals surface area contributed by atoms with E-state index in [0.29, 0.717) is 5.02 Å². The lowest BCUT2D eigenvalue weighted by Gasteiger charge is -2.14. The second-order valence-electron chi connectivity index (χ2n) is 5.95. The van der Waals surface area contributed by atoms with E-state index in [9.17, 15) is 18.0 Å². The lowest BCUT2D eigenvalue weighted by molar-refractivity contribution is 0.0926. The van der Waals surface area contributed by atoms with Crippen molar-refractivity contribution in [2.45, 2.75) is 4.90 Å². The molecular weight excluding hydrogens is 402 g/mol. The first-order valence-electron chi connectivity index (χ1n) is 8.09. The van der Waals surface area contributed by atoms with Crippen molar-refractivity contribution in [1.82, 2.24) is 4.98 Å². The van der Waals surface area contributed by atoms with E-state index in [-0.39, 0.29) is 27.5 Å². The Labute approximate surface area is 165 Å². The molecule has 0 radical (unpaired) electrons. The molecule has 28 heavy (non-hydrogen) atoms. The number of nitrogens with zero attached hydrogens (tertiary/aromatic N) is 2. The number of hydrogen-bond donors (Lipinski definition) is 1. The highest BCUT2D eigenvalue weighted by Crippen LogP contribution is 2.30. The summed E-state index contributed by atoms with van der Waals surface area (Å²) < 4.78 is 27.3.